The molecule has 20 heavy (non-hydrogen) atoms. The van der Waals surface area contributed by atoms with Crippen molar-refractivity contribution >= 4 is 27.3 Å². The summed E-state index contributed by atoms with van der Waals surface area (Å²) < 4.78 is 28.3. The van der Waals surface area contributed by atoms with Crippen molar-refractivity contribution in [2.45, 2.75) is 25.8 Å². The van der Waals surface area contributed by atoms with Crippen LogP contribution in [0.5, 0.6) is 0 Å². The molecule has 0 spiro atoms. The summed E-state index contributed by atoms with van der Waals surface area (Å²) in [6, 6.07) is 5.09. The minimum atomic E-state index is -3.34. The fourth-order valence-electron chi connectivity index (χ4n) is 1.92. The highest BCUT2D eigenvalue weighted by Gasteiger charge is 2.19. The Hall–Kier alpha value is -1.18. The van der Waals surface area contributed by atoms with E-state index >= 15 is 0 Å². The van der Waals surface area contributed by atoms with E-state index in [9.17, 15) is 8.42 Å². The van der Waals surface area contributed by atoms with Gasteiger partial charge in [-0.2, -0.15) is 0 Å². The Morgan fingerprint density at radius 2 is 2.15 bits per heavy atom. The molecule has 1 N–H and O–H groups in total. The lowest BCUT2D eigenvalue weighted by molar-refractivity contribution is 0.555. The zero-order valence-electron chi connectivity index (χ0n) is 11.2. The van der Waals surface area contributed by atoms with E-state index in [0.717, 1.165) is 0 Å². The average Bonchev–Trinajstić information content (AvgIpc) is 2.82. The summed E-state index contributed by atoms with van der Waals surface area (Å²) in [5, 5.41) is 8.05. The molecule has 0 radical (unpaired) electrons. The van der Waals surface area contributed by atoms with E-state index in [4.69, 9.17) is 11.6 Å². The molecule has 0 aromatic carbocycles. The number of pyridine rings is 1. The predicted molar refractivity (Wildman–Crippen MR) is 78.3 cm³/mol. The second-order valence-corrected chi connectivity index (χ2v) is 6.79. The number of hydrogen-bond donors (Lipinski definition) is 1. The number of rotatable bonds is 7. The third kappa shape index (κ3) is 3.68. The molecule has 0 amide bonds. The van der Waals surface area contributed by atoms with E-state index in [-0.39, 0.29) is 5.75 Å². The second kappa shape index (κ2) is 6.51. The van der Waals surface area contributed by atoms with Gasteiger partial charge in [-0.15, -0.1) is 21.8 Å². The summed E-state index contributed by atoms with van der Waals surface area (Å²) >= 11 is 5.55. The maximum absolute atomic E-state index is 11.9. The normalized spacial score (nSPS) is 13.7. The smallest absolute Gasteiger partial charge is 0.212 e. The first-order chi connectivity index (χ1) is 9.53. The number of unbranched alkanes of at least 4 members (excludes halogenated alkanes) is 1. The van der Waals surface area contributed by atoms with Crippen molar-refractivity contribution in [1.82, 2.24) is 19.3 Å². The number of sulfonamides is 1. The maximum atomic E-state index is 11.9. The lowest BCUT2D eigenvalue weighted by atomic mass is 10.3. The molecule has 6 nitrogen and oxygen atoms in total. The highest BCUT2D eigenvalue weighted by Crippen LogP contribution is 2.13. The van der Waals surface area contributed by atoms with Gasteiger partial charge in [0.2, 0.25) is 10.0 Å². The van der Waals surface area contributed by atoms with E-state index < -0.39 is 16.1 Å². The van der Waals surface area contributed by atoms with Crippen LogP contribution >= 0.6 is 11.6 Å². The van der Waals surface area contributed by atoms with Crippen molar-refractivity contribution < 1.29 is 8.42 Å². The average molecular weight is 317 g/mol. The fourth-order valence-corrected chi connectivity index (χ4v) is 3.46. The van der Waals surface area contributed by atoms with E-state index in [1.54, 1.807) is 11.3 Å². The molecule has 0 saturated heterocycles. The molecule has 2 aromatic rings. The molecule has 0 aliphatic carbocycles. The predicted octanol–water partition coefficient (Wildman–Crippen LogP) is 1.73. The Morgan fingerprint density at radius 1 is 1.35 bits per heavy atom. The Kier molecular flexibility index (Phi) is 4.95. The third-order valence-electron chi connectivity index (χ3n) is 2.88. The third-order valence-corrected chi connectivity index (χ3v) is 4.69. The zero-order chi connectivity index (χ0) is 14.6. The SMILES string of the molecule is CC(NS(=O)(=O)CCCCCl)c1nnc2ccccn12. The van der Waals surface area contributed by atoms with Crippen LogP contribution in [0.1, 0.15) is 31.6 Å². The highest BCUT2D eigenvalue weighted by atomic mass is 35.5. The van der Waals surface area contributed by atoms with E-state index in [0.29, 0.717) is 30.2 Å². The Labute approximate surface area is 123 Å². The summed E-state index contributed by atoms with van der Waals surface area (Å²) in [6.45, 7) is 1.75. The van der Waals surface area contributed by atoms with Crippen LogP contribution < -0.4 is 4.72 Å². The molecule has 0 saturated carbocycles. The number of hydrogen-bond acceptors (Lipinski definition) is 4. The molecular formula is C12H17ClN4O2S. The molecule has 0 fully saturated rings. The van der Waals surface area contributed by atoms with Crippen LogP contribution in [0.3, 0.4) is 0 Å². The molecule has 0 aliphatic heterocycles. The lowest BCUT2D eigenvalue weighted by Gasteiger charge is -2.12. The van der Waals surface area contributed by atoms with Gasteiger partial charge in [0.05, 0.1) is 11.8 Å². The molecule has 110 valence electrons. The summed E-state index contributed by atoms with van der Waals surface area (Å²) in [5.41, 5.74) is 0.690. The summed E-state index contributed by atoms with van der Waals surface area (Å²) in [6.07, 6.45) is 3.04. The highest BCUT2D eigenvalue weighted by molar-refractivity contribution is 7.89. The van der Waals surface area contributed by atoms with Crippen molar-refractivity contribution in [1.29, 1.82) is 0 Å². The van der Waals surface area contributed by atoms with Crippen molar-refractivity contribution in [2.24, 2.45) is 0 Å². The molecular weight excluding hydrogens is 300 g/mol. The molecule has 0 aliphatic rings. The number of aromatic nitrogens is 3. The van der Waals surface area contributed by atoms with Crippen molar-refractivity contribution in [2.75, 3.05) is 11.6 Å². The summed E-state index contributed by atoms with van der Waals surface area (Å²) in [5.74, 6) is 1.11. The number of nitrogens with zero attached hydrogens (tertiary/aromatic N) is 3. The number of fused-ring (bicyclic) bond motifs is 1. The first kappa shape index (κ1) is 15.2. The number of halogens is 1. The Balaban J connectivity index is 2.10. The molecule has 1 unspecified atom stereocenters. The summed E-state index contributed by atoms with van der Waals surface area (Å²) in [4.78, 5) is 0. The maximum Gasteiger partial charge on any atom is 0.212 e. The number of alkyl halides is 1. The van der Waals surface area contributed by atoms with Gasteiger partial charge in [-0.3, -0.25) is 4.40 Å². The van der Waals surface area contributed by atoms with Crippen molar-refractivity contribution in [3.8, 4) is 0 Å². The largest absolute Gasteiger partial charge is 0.285 e. The number of nitrogens with one attached hydrogen (secondary N) is 1. The molecule has 0 bridgehead atoms. The first-order valence-corrected chi connectivity index (χ1v) is 8.58. The van der Waals surface area contributed by atoms with Crippen LogP contribution in [-0.4, -0.2) is 34.6 Å². The van der Waals surface area contributed by atoms with Crippen molar-refractivity contribution in [3.63, 3.8) is 0 Å². The lowest BCUT2D eigenvalue weighted by Crippen LogP contribution is -2.30. The van der Waals surface area contributed by atoms with Crippen LogP contribution in [0.2, 0.25) is 0 Å². The van der Waals surface area contributed by atoms with Gasteiger partial charge in [0, 0.05) is 12.1 Å². The second-order valence-electron chi connectivity index (χ2n) is 4.54. The van der Waals surface area contributed by atoms with Gasteiger partial charge in [-0.1, -0.05) is 6.07 Å². The van der Waals surface area contributed by atoms with Crippen LogP contribution in [0.4, 0.5) is 0 Å². The van der Waals surface area contributed by atoms with Gasteiger partial charge in [-0.25, -0.2) is 13.1 Å². The molecule has 2 aromatic heterocycles. The molecule has 2 rings (SSSR count). The minimum Gasteiger partial charge on any atom is -0.285 e. The van der Waals surface area contributed by atoms with Crippen LogP contribution in [0.15, 0.2) is 24.4 Å². The van der Waals surface area contributed by atoms with E-state index in [1.807, 2.05) is 24.4 Å². The minimum absolute atomic E-state index is 0.0702. The van der Waals surface area contributed by atoms with Gasteiger partial charge in [0.25, 0.3) is 0 Å². The van der Waals surface area contributed by atoms with E-state index in [2.05, 4.69) is 14.9 Å². The van der Waals surface area contributed by atoms with Gasteiger partial charge in [0.1, 0.15) is 0 Å². The first-order valence-electron chi connectivity index (χ1n) is 6.39. The zero-order valence-corrected chi connectivity index (χ0v) is 12.7. The molecule has 8 heteroatoms. The van der Waals surface area contributed by atoms with Gasteiger partial charge >= 0.3 is 0 Å². The van der Waals surface area contributed by atoms with Crippen molar-refractivity contribution in [3.05, 3.63) is 30.2 Å². The monoisotopic (exact) mass is 316 g/mol. The Morgan fingerprint density at radius 3 is 2.90 bits per heavy atom. The van der Waals surface area contributed by atoms with Crippen LogP contribution in [-0.2, 0) is 10.0 Å². The van der Waals surface area contributed by atoms with Crippen LogP contribution in [0, 0.1) is 0 Å². The van der Waals surface area contributed by atoms with Gasteiger partial charge in [0.15, 0.2) is 11.5 Å². The standard InChI is InChI=1S/C12H17ClN4O2S/c1-10(16-20(18,19)9-5-3-7-13)12-15-14-11-6-2-4-8-17(11)12/h2,4,6,8,10,16H,3,5,7,9H2,1H3. The summed E-state index contributed by atoms with van der Waals surface area (Å²) in [7, 11) is -3.34. The molecule has 2 heterocycles. The van der Waals surface area contributed by atoms with Gasteiger partial charge < -0.3 is 0 Å². The fraction of sp³-hybridized carbons (Fsp3) is 0.500. The molecule has 1 atom stereocenters. The van der Waals surface area contributed by atoms with Crippen LogP contribution in [0.25, 0.3) is 5.65 Å². The van der Waals surface area contributed by atoms with Gasteiger partial charge in [-0.05, 0) is 31.9 Å². The topological polar surface area (TPSA) is 76.4 Å². The quantitative estimate of drug-likeness (QED) is 0.623. The van der Waals surface area contributed by atoms with E-state index in [1.165, 1.54) is 0 Å². The Bertz CT molecular complexity index is 671.